The summed E-state index contributed by atoms with van der Waals surface area (Å²) < 4.78 is 0. The third-order valence-electron chi connectivity index (χ3n) is 2.67. The van der Waals surface area contributed by atoms with E-state index in [-0.39, 0.29) is 29.8 Å². The second-order valence-corrected chi connectivity index (χ2v) is 4.85. The first kappa shape index (κ1) is 16.3. The number of amides is 2. The van der Waals surface area contributed by atoms with E-state index < -0.39 is 12.0 Å². The van der Waals surface area contributed by atoms with Gasteiger partial charge in [0.05, 0.1) is 17.2 Å². The third-order valence-corrected chi connectivity index (χ3v) is 3.00. The van der Waals surface area contributed by atoms with E-state index in [1.165, 1.54) is 23.1 Å². The van der Waals surface area contributed by atoms with Crippen molar-refractivity contribution in [3.63, 3.8) is 0 Å². The predicted octanol–water partition coefficient (Wildman–Crippen LogP) is 2.27. The number of aliphatic hydroxyl groups is 1. The number of nitrogens with one attached hydrogen (secondary N) is 1. The minimum atomic E-state index is -1.16. The zero-order chi connectivity index (χ0) is 15.3. The largest absolute Gasteiger partial charge is 0.478 e. The second kappa shape index (κ2) is 7.12. The van der Waals surface area contributed by atoms with Crippen LogP contribution in [0.15, 0.2) is 18.2 Å². The van der Waals surface area contributed by atoms with Gasteiger partial charge in [0.1, 0.15) is 0 Å². The van der Waals surface area contributed by atoms with E-state index in [1.807, 2.05) is 13.8 Å². The van der Waals surface area contributed by atoms with Crippen molar-refractivity contribution < 1.29 is 19.8 Å². The minimum absolute atomic E-state index is 0.0808. The van der Waals surface area contributed by atoms with Crippen LogP contribution in [0, 0.1) is 0 Å². The SMILES string of the molecule is CC(C)N(CCO)C(=O)Nc1ccc(Cl)c(C(=O)O)c1. The lowest BCUT2D eigenvalue weighted by Crippen LogP contribution is -2.41. The first-order valence-electron chi connectivity index (χ1n) is 6.08. The number of hydrogen-bond donors (Lipinski definition) is 3. The molecule has 1 rings (SSSR count). The van der Waals surface area contributed by atoms with E-state index in [9.17, 15) is 9.59 Å². The Balaban J connectivity index is 2.89. The summed E-state index contributed by atoms with van der Waals surface area (Å²) in [7, 11) is 0. The van der Waals surface area contributed by atoms with Gasteiger partial charge in [-0.15, -0.1) is 0 Å². The maximum absolute atomic E-state index is 12.0. The molecule has 0 bridgehead atoms. The van der Waals surface area contributed by atoms with Crippen LogP contribution in [0.1, 0.15) is 24.2 Å². The molecule has 0 aliphatic heterocycles. The van der Waals surface area contributed by atoms with Crippen molar-refractivity contribution in [2.75, 3.05) is 18.5 Å². The number of benzene rings is 1. The summed E-state index contributed by atoms with van der Waals surface area (Å²) in [4.78, 5) is 24.4. The van der Waals surface area contributed by atoms with Crippen LogP contribution in [0.3, 0.4) is 0 Å². The number of urea groups is 1. The van der Waals surface area contributed by atoms with E-state index in [2.05, 4.69) is 5.32 Å². The monoisotopic (exact) mass is 300 g/mol. The molecule has 2 amide bonds. The number of nitrogens with zero attached hydrogens (tertiary/aromatic N) is 1. The Hall–Kier alpha value is -1.79. The van der Waals surface area contributed by atoms with E-state index in [0.717, 1.165) is 0 Å². The van der Waals surface area contributed by atoms with Crippen LogP contribution in [0.25, 0.3) is 0 Å². The lowest BCUT2D eigenvalue weighted by atomic mass is 10.2. The van der Waals surface area contributed by atoms with Crippen molar-refractivity contribution in [2.24, 2.45) is 0 Å². The number of halogens is 1. The highest BCUT2D eigenvalue weighted by Crippen LogP contribution is 2.21. The van der Waals surface area contributed by atoms with Gasteiger partial charge >= 0.3 is 12.0 Å². The number of aromatic carboxylic acids is 1. The lowest BCUT2D eigenvalue weighted by Gasteiger charge is -2.26. The van der Waals surface area contributed by atoms with Crippen molar-refractivity contribution in [1.29, 1.82) is 0 Å². The van der Waals surface area contributed by atoms with Crippen LogP contribution in [0.2, 0.25) is 5.02 Å². The highest BCUT2D eigenvalue weighted by Gasteiger charge is 2.17. The molecule has 0 spiro atoms. The van der Waals surface area contributed by atoms with Crippen molar-refractivity contribution >= 4 is 29.3 Å². The smallest absolute Gasteiger partial charge is 0.337 e. The number of carboxylic acids is 1. The van der Waals surface area contributed by atoms with Crippen molar-refractivity contribution in [3.8, 4) is 0 Å². The molecule has 0 heterocycles. The summed E-state index contributed by atoms with van der Waals surface area (Å²) in [5, 5.41) is 20.6. The second-order valence-electron chi connectivity index (χ2n) is 4.44. The van der Waals surface area contributed by atoms with Gasteiger partial charge in [0.15, 0.2) is 0 Å². The molecule has 0 atom stereocenters. The summed E-state index contributed by atoms with van der Waals surface area (Å²) in [6.07, 6.45) is 0. The molecule has 6 nitrogen and oxygen atoms in total. The minimum Gasteiger partial charge on any atom is -0.478 e. The Morgan fingerprint density at radius 2 is 2.05 bits per heavy atom. The van der Waals surface area contributed by atoms with Crippen LogP contribution in [0.5, 0.6) is 0 Å². The molecule has 20 heavy (non-hydrogen) atoms. The summed E-state index contributed by atoms with van der Waals surface area (Å²) in [6.45, 7) is 3.69. The van der Waals surface area contributed by atoms with Crippen LogP contribution in [0.4, 0.5) is 10.5 Å². The van der Waals surface area contributed by atoms with Crippen LogP contribution in [-0.2, 0) is 0 Å². The van der Waals surface area contributed by atoms with Gasteiger partial charge in [0.2, 0.25) is 0 Å². The molecule has 0 fully saturated rings. The molecule has 1 aromatic carbocycles. The van der Waals surface area contributed by atoms with Crippen molar-refractivity contribution in [2.45, 2.75) is 19.9 Å². The fraction of sp³-hybridized carbons (Fsp3) is 0.385. The lowest BCUT2D eigenvalue weighted by molar-refractivity contribution is 0.0697. The summed E-state index contributed by atoms with van der Waals surface area (Å²) in [5.41, 5.74) is 0.253. The number of carboxylic acid groups (broad SMARTS) is 1. The zero-order valence-electron chi connectivity index (χ0n) is 11.3. The fourth-order valence-electron chi connectivity index (χ4n) is 1.66. The highest BCUT2D eigenvalue weighted by atomic mass is 35.5. The van der Waals surface area contributed by atoms with E-state index >= 15 is 0 Å². The number of rotatable bonds is 5. The third kappa shape index (κ3) is 4.11. The molecule has 0 aliphatic rings. The van der Waals surface area contributed by atoms with E-state index in [1.54, 1.807) is 0 Å². The number of aliphatic hydroxyl groups excluding tert-OH is 1. The fourth-order valence-corrected chi connectivity index (χ4v) is 1.86. The van der Waals surface area contributed by atoms with Gasteiger partial charge in [-0.25, -0.2) is 9.59 Å². The number of carbonyl (C=O) groups excluding carboxylic acids is 1. The Morgan fingerprint density at radius 1 is 1.40 bits per heavy atom. The summed E-state index contributed by atoms with van der Waals surface area (Å²) in [5.74, 6) is -1.16. The topological polar surface area (TPSA) is 89.9 Å². The molecular weight excluding hydrogens is 284 g/mol. The predicted molar refractivity (Wildman–Crippen MR) is 76.4 cm³/mol. The average molecular weight is 301 g/mol. The molecule has 0 aromatic heterocycles. The molecule has 1 aromatic rings. The molecule has 7 heteroatoms. The molecule has 0 saturated heterocycles. The Labute approximate surface area is 122 Å². The van der Waals surface area contributed by atoms with Crippen LogP contribution >= 0.6 is 11.6 Å². The molecule has 0 unspecified atom stereocenters. The Bertz CT molecular complexity index is 505. The van der Waals surface area contributed by atoms with Crippen LogP contribution < -0.4 is 5.32 Å². The Morgan fingerprint density at radius 3 is 2.55 bits per heavy atom. The van der Waals surface area contributed by atoms with E-state index in [4.69, 9.17) is 21.8 Å². The van der Waals surface area contributed by atoms with Crippen molar-refractivity contribution in [3.05, 3.63) is 28.8 Å². The van der Waals surface area contributed by atoms with Gasteiger partial charge in [-0.1, -0.05) is 11.6 Å². The van der Waals surface area contributed by atoms with Gasteiger partial charge in [-0.3, -0.25) is 0 Å². The zero-order valence-corrected chi connectivity index (χ0v) is 12.0. The molecular formula is C13H17ClN2O4. The van der Waals surface area contributed by atoms with Gasteiger partial charge in [0, 0.05) is 18.3 Å². The summed E-state index contributed by atoms with van der Waals surface area (Å²) in [6, 6.07) is 3.72. The number of anilines is 1. The molecule has 0 saturated carbocycles. The van der Waals surface area contributed by atoms with Crippen molar-refractivity contribution in [1.82, 2.24) is 4.90 Å². The molecule has 0 aliphatic carbocycles. The Kier molecular flexibility index (Phi) is 5.79. The summed E-state index contributed by atoms with van der Waals surface area (Å²) >= 11 is 5.75. The first-order chi connectivity index (χ1) is 9.36. The maximum Gasteiger partial charge on any atom is 0.337 e. The van der Waals surface area contributed by atoms with Gasteiger partial charge in [-0.05, 0) is 32.0 Å². The standard InChI is InChI=1S/C13H17ClN2O4/c1-8(2)16(5-6-17)13(20)15-9-3-4-11(14)10(7-9)12(18)19/h3-4,7-8,17H,5-6H2,1-2H3,(H,15,20)(H,18,19). The van der Waals surface area contributed by atoms with Gasteiger partial charge in [-0.2, -0.15) is 0 Å². The number of carbonyl (C=O) groups is 2. The van der Waals surface area contributed by atoms with Crippen LogP contribution in [-0.4, -0.2) is 46.3 Å². The molecule has 0 radical (unpaired) electrons. The first-order valence-corrected chi connectivity index (χ1v) is 6.46. The van der Waals surface area contributed by atoms with Gasteiger partial charge < -0.3 is 20.4 Å². The van der Waals surface area contributed by atoms with E-state index in [0.29, 0.717) is 5.69 Å². The maximum atomic E-state index is 12.0. The molecule has 110 valence electrons. The molecule has 3 N–H and O–H groups in total. The van der Waals surface area contributed by atoms with Gasteiger partial charge in [0.25, 0.3) is 0 Å². The quantitative estimate of drug-likeness (QED) is 0.778. The number of hydrogen-bond acceptors (Lipinski definition) is 3. The highest BCUT2D eigenvalue weighted by molar-refractivity contribution is 6.33. The normalized spacial score (nSPS) is 10.4. The average Bonchev–Trinajstić information content (AvgIpc) is 2.37.